The van der Waals surface area contributed by atoms with Crippen LogP contribution in [0.5, 0.6) is 5.75 Å². The highest BCUT2D eigenvalue weighted by Gasteiger charge is 2.29. The zero-order valence-corrected chi connectivity index (χ0v) is 13.1. The molecule has 1 aliphatic rings. The average molecular weight is 334 g/mol. The third kappa shape index (κ3) is 3.90. The molecule has 1 aromatic carbocycles. The maximum Gasteiger partial charge on any atom is 0.328 e. The molecular formula is C16H18N2O6. The smallest absolute Gasteiger partial charge is 0.328 e. The topological polar surface area (TPSA) is 114 Å². The SMILES string of the molecule is C=CCOCC(NC(=O)c1cccc2c1OC(C)C(=O)N2)C(=O)O. The first-order chi connectivity index (χ1) is 11.4. The standard InChI is InChI=1S/C16H18N2O6/c1-3-7-23-8-12(16(21)22)18-15(20)10-5-4-6-11-13(10)24-9(2)14(19)17-11/h3-6,9,12H,1,7-8H2,2H3,(H,17,19)(H,18,20)(H,21,22). The fourth-order valence-electron chi connectivity index (χ4n) is 2.09. The van der Waals surface area contributed by atoms with E-state index in [1.54, 1.807) is 19.1 Å². The molecule has 24 heavy (non-hydrogen) atoms. The summed E-state index contributed by atoms with van der Waals surface area (Å²) in [6.07, 6.45) is 0.726. The number of anilines is 1. The zero-order chi connectivity index (χ0) is 17.7. The van der Waals surface area contributed by atoms with Gasteiger partial charge in [-0.3, -0.25) is 9.59 Å². The summed E-state index contributed by atoms with van der Waals surface area (Å²) in [7, 11) is 0. The van der Waals surface area contributed by atoms with Crippen LogP contribution in [0.3, 0.4) is 0 Å². The number of benzene rings is 1. The Kier molecular flexibility index (Phi) is 5.54. The predicted octanol–water partition coefficient (Wildman–Crippen LogP) is 0.792. The van der Waals surface area contributed by atoms with Crippen LogP contribution in [0.25, 0.3) is 0 Å². The Balaban J connectivity index is 2.17. The van der Waals surface area contributed by atoms with Crippen LogP contribution in [0.4, 0.5) is 5.69 Å². The number of carboxylic acid groups (broad SMARTS) is 1. The maximum atomic E-state index is 12.4. The number of hydrogen-bond donors (Lipinski definition) is 3. The van der Waals surface area contributed by atoms with Crippen molar-refractivity contribution in [2.24, 2.45) is 0 Å². The van der Waals surface area contributed by atoms with Crippen LogP contribution in [0.2, 0.25) is 0 Å². The summed E-state index contributed by atoms with van der Waals surface area (Å²) in [6.45, 7) is 4.99. The fourth-order valence-corrected chi connectivity index (χ4v) is 2.09. The number of aliphatic carboxylic acids is 1. The molecule has 0 saturated carbocycles. The molecule has 1 aliphatic heterocycles. The van der Waals surface area contributed by atoms with E-state index in [1.165, 1.54) is 12.1 Å². The van der Waals surface area contributed by atoms with Gasteiger partial charge in [0.2, 0.25) is 0 Å². The minimum absolute atomic E-state index is 0.134. The van der Waals surface area contributed by atoms with Crippen molar-refractivity contribution in [2.45, 2.75) is 19.1 Å². The zero-order valence-electron chi connectivity index (χ0n) is 13.1. The molecule has 8 nitrogen and oxygen atoms in total. The quantitative estimate of drug-likeness (QED) is 0.502. The summed E-state index contributed by atoms with van der Waals surface area (Å²) in [5.74, 6) is -1.97. The largest absolute Gasteiger partial charge is 0.480 e. The molecule has 2 rings (SSSR count). The molecule has 0 fully saturated rings. The Bertz CT molecular complexity index is 673. The van der Waals surface area contributed by atoms with Gasteiger partial charge in [0.15, 0.2) is 17.9 Å². The second-order valence-corrected chi connectivity index (χ2v) is 5.12. The van der Waals surface area contributed by atoms with Crippen molar-refractivity contribution in [1.82, 2.24) is 5.32 Å². The Morgan fingerprint density at radius 1 is 1.54 bits per heavy atom. The first-order valence-electron chi connectivity index (χ1n) is 7.27. The van der Waals surface area contributed by atoms with Gasteiger partial charge in [-0.2, -0.15) is 0 Å². The first kappa shape index (κ1) is 17.5. The number of amides is 2. The van der Waals surface area contributed by atoms with Gasteiger partial charge in [0.05, 0.1) is 24.5 Å². The minimum atomic E-state index is -1.22. The average Bonchev–Trinajstić information content (AvgIpc) is 2.54. The molecular weight excluding hydrogens is 316 g/mol. The molecule has 0 radical (unpaired) electrons. The third-order valence-corrected chi connectivity index (χ3v) is 3.31. The molecule has 128 valence electrons. The molecule has 1 aromatic rings. The lowest BCUT2D eigenvalue weighted by Gasteiger charge is -2.25. The van der Waals surface area contributed by atoms with Gasteiger partial charge in [-0.05, 0) is 19.1 Å². The lowest BCUT2D eigenvalue weighted by atomic mass is 10.1. The van der Waals surface area contributed by atoms with Gasteiger partial charge in [0.25, 0.3) is 11.8 Å². The van der Waals surface area contributed by atoms with E-state index in [0.717, 1.165) is 0 Å². The van der Waals surface area contributed by atoms with E-state index in [1.807, 2.05) is 0 Å². The van der Waals surface area contributed by atoms with Crippen LogP contribution in [0.15, 0.2) is 30.9 Å². The summed E-state index contributed by atoms with van der Waals surface area (Å²) in [5, 5.41) is 14.2. The number of carbonyl (C=O) groups excluding carboxylic acids is 2. The third-order valence-electron chi connectivity index (χ3n) is 3.31. The van der Waals surface area contributed by atoms with Crippen LogP contribution in [0, 0.1) is 0 Å². The Hall–Kier alpha value is -2.87. The Morgan fingerprint density at radius 3 is 2.96 bits per heavy atom. The predicted molar refractivity (Wildman–Crippen MR) is 85.1 cm³/mol. The van der Waals surface area contributed by atoms with E-state index in [0.29, 0.717) is 5.69 Å². The van der Waals surface area contributed by atoms with Crippen LogP contribution < -0.4 is 15.4 Å². The molecule has 2 amide bonds. The molecule has 0 aromatic heterocycles. The van der Waals surface area contributed by atoms with E-state index in [2.05, 4.69) is 17.2 Å². The molecule has 2 atom stereocenters. The summed E-state index contributed by atoms with van der Waals surface area (Å²) in [6, 6.07) is 3.43. The fraction of sp³-hybridized carbons (Fsp3) is 0.312. The van der Waals surface area contributed by atoms with E-state index >= 15 is 0 Å². The van der Waals surface area contributed by atoms with Crippen LogP contribution in [-0.4, -0.2) is 48.2 Å². The monoisotopic (exact) mass is 334 g/mol. The number of para-hydroxylation sites is 1. The number of hydrogen-bond acceptors (Lipinski definition) is 5. The molecule has 0 aliphatic carbocycles. The number of carboxylic acids is 1. The lowest BCUT2D eigenvalue weighted by molar-refractivity contribution is -0.140. The van der Waals surface area contributed by atoms with Crippen molar-refractivity contribution in [2.75, 3.05) is 18.5 Å². The van der Waals surface area contributed by atoms with Crippen molar-refractivity contribution in [1.29, 1.82) is 0 Å². The van der Waals surface area contributed by atoms with Gasteiger partial charge >= 0.3 is 5.97 Å². The molecule has 0 spiro atoms. The van der Waals surface area contributed by atoms with E-state index < -0.39 is 24.0 Å². The molecule has 1 heterocycles. The number of carbonyl (C=O) groups is 3. The van der Waals surface area contributed by atoms with Gasteiger partial charge in [0.1, 0.15) is 0 Å². The Morgan fingerprint density at radius 2 is 2.29 bits per heavy atom. The number of fused-ring (bicyclic) bond motifs is 1. The summed E-state index contributed by atoms with van der Waals surface area (Å²) < 4.78 is 10.6. The van der Waals surface area contributed by atoms with Crippen molar-refractivity contribution in [3.8, 4) is 5.75 Å². The number of nitrogens with one attached hydrogen (secondary N) is 2. The van der Waals surface area contributed by atoms with Crippen molar-refractivity contribution >= 4 is 23.5 Å². The van der Waals surface area contributed by atoms with Crippen LogP contribution in [-0.2, 0) is 14.3 Å². The van der Waals surface area contributed by atoms with Gasteiger partial charge in [-0.1, -0.05) is 12.1 Å². The van der Waals surface area contributed by atoms with Crippen molar-refractivity contribution in [3.63, 3.8) is 0 Å². The highest BCUT2D eigenvalue weighted by atomic mass is 16.5. The van der Waals surface area contributed by atoms with E-state index in [9.17, 15) is 19.5 Å². The van der Waals surface area contributed by atoms with Gasteiger partial charge in [-0.25, -0.2) is 4.79 Å². The van der Waals surface area contributed by atoms with Crippen molar-refractivity contribution < 1.29 is 29.0 Å². The molecule has 0 bridgehead atoms. The van der Waals surface area contributed by atoms with E-state index in [4.69, 9.17) is 9.47 Å². The normalized spacial score (nSPS) is 17.0. The van der Waals surface area contributed by atoms with E-state index in [-0.39, 0.29) is 30.4 Å². The first-order valence-corrected chi connectivity index (χ1v) is 7.27. The maximum absolute atomic E-state index is 12.4. The number of rotatable bonds is 7. The molecule has 3 N–H and O–H groups in total. The van der Waals surface area contributed by atoms with Gasteiger partial charge in [0, 0.05) is 0 Å². The van der Waals surface area contributed by atoms with Crippen LogP contribution in [0.1, 0.15) is 17.3 Å². The second kappa shape index (κ2) is 7.60. The number of ether oxygens (including phenoxy) is 2. The highest BCUT2D eigenvalue weighted by molar-refractivity contribution is 6.04. The summed E-state index contributed by atoms with van der Waals surface area (Å²) >= 11 is 0. The second-order valence-electron chi connectivity index (χ2n) is 5.12. The summed E-state index contributed by atoms with van der Waals surface area (Å²) in [5.41, 5.74) is 0.495. The molecule has 0 saturated heterocycles. The minimum Gasteiger partial charge on any atom is -0.480 e. The molecule has 8 heteroatoms. The van der Waals surface area contributed by atoms with Gasteiger partial charge < -0.3 is 25.2 Å². The summed E-state index contributed by atoms with van der Waals surface area (Å²) in [4.78, 5) is 35.3. The molecule has 2 unspecified atom stereocenters. The van der Waals surface area contributed by atoms with Crippen LogP contribution >= 0.6 is 0 Å². The lowest BCUT2D eigenvalue weighted by Crippen LogP contribution is -2.44. The Labute approximate surface area is 138 Å². The highest BCUT2D eigenvalue weighted by Crippen LogP contribution is 2.33. The van der Waals surface area contributed by atoms with Crippen molar-refractivity contribution in [3.05, 3.63) is 36.4 Å². The van der Waals surface area contributed by atoms with Gasteiger partial charge in [-0.15, -0.1) is 6.58 Å².